The Labute approximate surface area is 181 Å². The van der Waals surface area contributed by atoms with Gasteiger partial charge in [-0.1, -0.05) is 0 Å². The summed E-state index contributed by atoms with van der Waals surface area (Å²) in [5.41, 5.74) is 7.34. The summed E-state index contributed by atoms with van der Waals surface area (Å²) in [7, 11) is 3.78. The zero-order valence-corrected chi connectivity index (χ0v) is 18.7. The number of nitrogens with one attached hydrogen (secondary N) is 2. The lowest BCUT2D eigenvalue weighted by Gasteiger charge is -2.11. The van der Waals surface area contributed by atoms with Gasteiger partial charge in [-0.3, -0.25) is 14.4 Å². The molecule has 0 aromatic carbocycles. The number of amides is 2. The molecule has 4 N–H and O–H groups in total. The van der Waals surface area contributed by atoms with Gasteiger partial charge in [-0.15, -0.1) is 22.7 Å². The number of carbonyl (C=O) groups excluding carboxylic acids is 2. The van der Waals surface area contributed by atoms with Gasteiger partial charge >= 0.3 is 0 Å². The van der Waals surface area contributed by atoms with Crippen molar-refractivity contribution >= 4 is 49.7 Å². The summed E-state index contributed by atoms with van der Waals surface area (Å²) in [6, 6.07) is 0. The number of hydrogen-bond donors (Lipinski definition) is 3. The number of thiophene rings is 2. The molecule has 0 spiro atoms. The third kappa shape index (κ3) is 3.66. The number of hydrogen-bond acceptors (Lipinski definition) is 7. The Bertz CT molecular complexity index is 1220. The predicted molar refractivity (Wildman–Crippen MR) is 120 cm³/mol. The van der Waals surface area contributed by atoms with E-state index in [2.05, 4.69) is 15.3 Å². The molecule has 3 aromatic heterocycles. The average Bonchev–Trinajstić information content (AvgIpc) is 3.18. The largest absolute Gasteiger partial charge is 0.365 e. The number of aromatic amines is 1. The van der Waals surface area contributed by atoms with Crippen LogP contribution in [0, 0.1) is 6.92 Å². The van der Waals surface area contributed by atoms with Crippen LogP contribution < -0.4 is 16.6 Å². The van der Waals surface area contributed by atoms with Crippen LogP contribution in [-0.4, -0.2) is 40.8 Å². The maximum Gasteiger partial charge on any atom is 0.266 e. The van der Waals surface area contributed by atoms with Crippen molar-refractivity contribution in [3.63, 3.8) is 0 Å². The van der Waals surface area contributed by atoms with Crippen LogP contribution in [0.15, 0.2) is 4.79 Å². The topological polar surface area (TPSA) is 121 Å². The van der Waals surface area contributed by atoms with Crippen LogP contribution in [0.3, 0.4) is 0 Å². The van der Waals surface area contributed by atoms with Crippen LogP contribution in [0.5, 0.6) is 0 Å². The summed E-state index contributed by atoms with van der Waals surface area (Å²) in [5.74, 6) is -0.331. The normalized spacial score (nSPS) is 13.6. The first-order valence-corrected chi connectivity index (χ1v) is 11.3. The molecule has 0 atom stereocenters. The molecule has 8 nitrogen and oxygen atoms in total. The molecule has 1 aliphatic carbocycles. The average molecular weight is 446 g/mol. The van der Waals surface area contributed by atoms with Crippen molar-refractivity contribution < 1.29 is 9.59 Å². The van der Waals surface area contributed by atoms with Gasteiger partial charge in [0.25, 0.3) is 17.4 Å². The number of carbonyl (C=O) groups is 2. The van der Waals surface area contributed by atoms with Crippen LogP contribution >= 0.6 is 22.7 Å². The number of H-pyrrole nitrogens is 1. The standard InChI is InChI=1S/C20H23N5O3S2/c1-9-13-17(27)22-12(8-25(2)3)23-19(13)30-15(9)18(28)24-20-14(16(21)26)10-6-4-5-7-11(10)29-20/h4-8H2,1-3H3,(H2,21,26)(H,24,28)(H,22,23,27). The number of anilines is 1. The fraction of sp³-hybridized carbons (Fsp3) is 0.400. The van der Waals surface area contributed by atoms with Gasteiger partial charge in [-0.05, 0) is 57.8 Å². The molecule has 3 aromatic rings. The highest BCUT2D eigenvalue weighted by molar-refractivity contribution is 7.21. The van der Waals surface area contributed by atoms with E-state index in [0.29, 0.717) is 43.6 Å². The van der Waals surface area contributed by atoms with Gasteiger partial charge in [-0.2, -0.15) is 0 Å². The minimum absolute atomic E-state index is 0.255. The fourth-order valence-electron chi connectivity index (χ4n) is 3.85. The molecule has 0 saturated heterocycles. The lowest BCUT2D eigenvalue weighted by Crippen LogP contribution is -2.19. The summed E-state index contributed by atoms with van der Waals surface area (Å²) >= 11 is 2.60. The number of primary amides is 1. The number of rotatable bonds is 5. The van der Waals surface area contributed by atoms with Crippen LogP contribution in [0.25, 0.3) is 10.2 Å². The lowest BCUT2D eigenvalue weighted by molar-refractivity contribution is 0.100. The maximum absolute atomic E-state index is 13.1. The van der Waals surface area contributed by atoms with Crippen molar-refractivity contribution in [2.75, 3.05) is 19.4 Å². The molecule has 0 fully saturated rings. The number of nitrogens with zero attached hydrogens (tertiary/aromatic N) is 2. The van der Waals surface area contributed by atoms with E-state index in [1.807, 2.05) is 19.0 Å². The van der Waals surface area contributed by atoms with E-state index in [0.717, 1.165) is 36.1 Å². The Morgan fingerprint density at radius 1 is 1.23 bits per heavy atom. The first-order chi connectivity index (χ1) is 14.3. The predicted octanol–water partition coefficient (Wildman–Crippen LogP) is 2.65. The van der Waals surface area contributed by atoms with E-state index in [9.17, 15) is 14.4 Å². The van der Waals surface area contributed by atoms with Crippen molar-refractivity contribution in [3.8, 4) is 0 Å². The Hall–Kier alpha value is -2.56. The van der Waals surface area contributed by atoms with Crippen LogP contribution in [0.2, 0.25) is 0 Å². The second-order valence-corrected chi connectivity index (χ2v) is 9.82. The number of nitrogens with two attached hydrogens (primary N) is 1. The summed E-state index contributed by atoms with van der Waals surface area (Å²) in [4.78, 5) is 49.0. The Morgan fingerprint density at radius 3 is 2.67 bits per heavy atom. The molecule has 2 amide bonds. The third-order valence-electron chi connectivity index (χ3n) is 5.17. The maximum atomic E-state index is 13.1. The van der Waals surface area contributed by atoms with Crippen LogP contribution in [0.4, 0.5) is 5.00 Å². The SMILES string of the molecule is Cc1c(C(=O)Nc2sc3c(c2C(N)=O)CCCC3)sc2nc(CN(C)C)[nH]c(=O)c12. The zero-order valence-electron chi connectivity index (χ0n) is 17.0. The van der Waals surface area contributed by atoms with Gasteiger partial charge in [0, 0.05) is 4.88 Å². The van der Waals surface area contributed by atoms with Crippen molar-refractivity contribution in [1.29, 1.82) is 0 Å². The van der Waals surface area contributed by atoms with E-state index in [1.54, 1.807) is 6.92 Å². The molecule has 158 valence electrons. The first-order valence-electron chi connectivity index (χ1n) is 9.69. The van der Waals surface area contributed by atoms with Gasteiger partial charge < -0.3 is 20.9 Å². The second-order valence-electron chi connectivity index (χ2n) is 7.72. The molecule has 30 heavy (non-hydrogen) atoms. The van der Waals surface area contributed by atoms with Gasteiger partial charge in [0.2, 0.25) is 0 Å². The van der Waals surface area contributed by atoms with Crippen molar-refractivity contribution in [2.24, 2.45) is 5.73 Å². The fourth-order valence-corrected chi connectivity index (χ4v) is 6.24. The highest BCUT2D eigenvalue weighted by atomic mass is 32.1. The third-order valence-corrected chi connectivity index (χ3v) is 7.56. The van der Waals surface area contributed by atoms with Gasteiger partial charge in [-0.25, -0.2) is 4.98 Å². The van der Waals surface area contributed by atoms with E-state index < -0.39 is 5.91 Å². The molecule has 3 heterocycles. The zero-order chi connectivity index (χ0) is 21.6. The number of aryl methyl sites for hydroxylation is 2. The summed E-state index contributed by atoms with van der Waals surface area (Å²) in [6.45, 7) is 2.23. The minimum atomic E-state index is -0.524. The van der Waals surface area contributed by atoms with E-state index >= 15 is 0 Å². The molecule has 0 radical (unpaired) electrons. The van der Waals surface area contributed by atoms with Gasteiger partial charge in [0.15, 0.2) is 0 Å². The second kappa shape index (κ2) is 7.93. The molecule has 0 bridgehead atoms. The molecule has 1 aliphatic rings. The number of fused-ring (bicyclic) bond motifs is 2. The molecule has 10 heteroatoms. The highest BCUT2D eigenvalue weighted by Gasteiger charge is 2.26. The van der Waals surface area contributed by atoms with Crippen molar-refractivity contribution in [3.05, 3.63) is 42.6 Å². The Morgan fingerprint density at radius 2 is 1.97 bits per heavy atom. The van der Waals surface area contributed by atoms with E-state index in [4.69, 9.17) is 5.73 Å². The summed E-state index contributed by atoms with van der Waals surface area (Å²) < 4.78 is 0. The van der Waals surface area contributed by atoms with Gasteiger partial charge in [0.1, 0.15) is 15.7 Å². The Balaban J connectivity index is 1.72. The van der Waals surface area contributed by atoms with E-state index in [1.165, 1.54) is 22.7 Å². The molecular formula is C20H23N5O3S2. The molecule has 0 aliphatic heterocycles. The molecular weight excluding hydrogens is 422 g/mol. The lowest BCUT2D eigenvalue weighted by atomic mass is 9.95. The molecule has 0 saturated carbocycles. The highest BCUT2D eigenvalue weighted by Crippen LogP contribution is 2.38. The molecule has 4 rings (SSSR count). The monoisotopic (exact) mass is 445 g/mol. The quantitative estimate of drug-likeness (QED) is 0.557. The summed E-state index contributed by atoms with van der Waals surface area (Å²) in [6.07, 6.45) is 3.77. The van der Waals surface area contributed by atoms with Crippen molar-refractivity contribution in [2.45, 2.75) is 39.2 Å². The van der Waals surface area contributed by atoms with Crippen LogP contribution in [0.1, 0.15) is 54.7 Å². The smallest absolute Gasteiger partial charge is 0.266 e. The summed E-state index contributed by atoms with van der Waals surface area (Å²) in [5, 5.41) is 3.79. The van der Waals surface area contributed by atoms with Crippen LogP contribution in [-0.2, 0) is 19.4 Å². The van der Waals surface area contributed by atoms with Gasteiger partial charge in [0.05, 0.1) is 22.4 Å². The first kappa shape index (κ1) is 20.7. The van der Waals surface area contributed by atoms with Crippen molar-refractivity contribution in [1.82, 2.24) is 14.9 Å². The number of aromatic nitrogens is 2. The van der Waals surface area contributed by atoms with E-state index in [-0.39, 0.29) is 11.5 Å². The molecule has 0 unspecified atom stereocenters. The Kier molecular flexibility index (Phi) is 5.48. The minimum Gasteiger partial charge on any atom is -0.365 e.